The van der Waals surface area contributed by atoms with Crippen LogP contribution in [0.3, 0.4) is 0 Å². The first-order chi connectivity index (χ1) is 7.54. The van der Waals surface area contributed by atoms with Crippen LogP contribution in [0, 0.1) is 0 Å². The Morgan fingerprint density at radius 2 is 2.31 bits per heavy atom. The lowest BCUT2D eigenvalue weighted by molar-refractivity contribution is -0.158. The molecule has 2 heterocycles. The van der Waals surface area contributed by atoms with Gasteiger partial charge in [0.2, 0.25) is 0 Å². The second-order valence-corrected chi connectivity index (χ2v) is 5.31. The van der Waals surface area contributed by atoms with Crippen molar-refractivity contribution in [3.8, 4) is 0 Å². The van der Waals surface area contributed by atoms with E-state index in [4.69, 9.17) is 9.84 Å². The Bertz CT molecular complexity index is 314. The number of hydrogen-bond acceptors (Lipinski definition) is 4. The summed E-state index contributed by atoms with van der Waals surface area (Å²) in [4.78, 5) is 24.6. The molecule has 1 N–H and O–H groups in total. The Kier molecular flexibility index (Phi) is 3.12. The highest BCUT2D eigenvalue weighted by atomic mass is 32.2. The smallest absolute Gasteiger partial charge is 0.327 e. The summed E-state index contributed by atoms with van der Waals surface area (Å²) in [5.41, 5.74) is -0.807. The van der Waals surface area contributed by atoms with E-state index >= 15 is 0 Å². The van der Waals surface area contributed by atoms with Gasteiger partial charge in [-0.2, -0.15) is 0 Å². The summed E-state index contributed by atoms with van der Waals surface area (Å²) in [6, 6.07) is -0.696. The Labute approximate surface area is 98.1 Å². The van der Waals surface area contributed by atoms with Crippen LogP contribution in [0.15, 0.2) is 0 Å². The highest BCUT2D eigenvalue weighted by molar-refractivity contribution is 7.99. The van der Waals surface area contributed by atoms with E-state index in [0.717, 1.165) is 6.42 Å². The second-order valence-electron chi connectivity index (χ2n) is 4.31. The van der Waals surface area contributed by atoms with Gasteiger partial charge in [0.25, 0.3) is 5.91 Å². The molecule has 2 aliphatic heterocycles. The van der Waals surface area contributed by atoms with Crippen molar-refractivity contribution < 1.29 is 19.4 Å². The monoisotopic (exact) mass is 245 g/mol. The van der Waals surface area contributed by atoms with Crippen molar-refractivity contribution in [1.29, 1.82) is 0 Å². The van der Waals surface area contributed by atoms with Gasteiger partial charge in [0.1, 0.15) is 11.6 Å². The van der Waals surface area contributed by atoms with E-state index < -0.39 is 17.6 Å². The number of rotatable bonds is 2. The predicted octanol–water partition coefficient (Wildman–Crippen LogP) is 0.542. The highest BCUT2D eigenvalue weighted by Crippen LogP contribution is 2.31. The molecule has 0 aromatic heterocycles. The van der Waals surface area contributed by atoms with Crippen LogP contribution in [0.1, 0.15) is 19.8 Å². The molecule has 0 saturated carbocycles. The van der Waals surface area contributed by atoms with Gasteiger partial charge < -0.3 is 14.7 Å². The SMILES string of the molecule is CC1(C(=O)N2CSCC2C(=O)O)CCCO1. The Morgan fingerprint density at radius 3 is 2.88 bits per heavy atom. The molecule has 0 aromatic rings. The van der Waals surface area contributed by atoms with Crippen molar-refractivity contribution in [3.05, 3.63) is 0 Å². The molecule has 0 spiro atoms. The molecule has 2 unspecified atom stereocenters. The van der Waals surface area contributed by atoms with E-state index in [-0.39, 0.29) is 5.91 Å². The number of ether oxygens (including phenoxy) is 1. The van der Waals surface area contributed by atoms with Gasteiger partial charge in [0.15, 0.2) is 0 Å². The number of carboxylic acids is 1. The molecule has 0 aliphatic carbocycles. The minimum absolute atomic E-state index is 0.178. The van der Waals surface area contributed by atoms with Gasteiger partial charge >= 0.3 is 5.97 Å². The van der Waals surface area contributed by atoms with E-state index in [1.165, 1.54) is 16.7 Å². The maximum Gasteiger partial charge on any atom is 0.327 e. The Balaban J connectivity index is 2.12. The molecule has 0 bridgehead atoms. The molecule has 90 valence electrons. The summed E-state index contributed by atoms with van der Waals surface area (Å²) in [5.74, 6) is -0.186. The maximum absolute atomic E-state index is 12.2. The van der Waals surface area contributed by atoms with Crippen LogP contribution in [0.2, 0.25) is 0 Å². The van der Waals surface area contributed by atoms with E-state index in [0.29, 0.717) is 24.7 Å². The average molecular weight is 245 g/mol. The van der Waals surface area contributed by atoms with Crippen LogP contribution in [0.25, 0.3) is 0 Å². The molecule has 5 nitrogen and oxygen atoms in total. The van der Waals surface area contributed by atoms with Crippen molar-refractivity contribution in [2.75, 3.05) is 18.2 Å². The van der Waals surface area contributed by atoms with E-state index in [9.17, 15) is 9.59 Å². The summed E-state index contributed by atoms with van der Waals surface area (Å²) < 4.78 is 5.45. The van der Waals surface area contributed by atoms with Gasteiger partial charge in [-0.3, -0.25) is 4.79 Å². The Hall–Kier alpha value is -0.750. The Morgan fingerprint density at radius 1 is 1.56 bits per heavy atom. The molecule has 2 saturated heterocycles. The van der Waals surface area contributed by atoms with Crippen LogP contribution in [0.4, 0.5) is 0 Å². The minimum Gasteiger partial charge on any atom is -0.480 e. The van der Waals surface area contributed by atoms with E-state index in [2.05, 4.69) is 0 Å². The molecule has 1 amide bonds. The summed E-state index contributed by atoms with van der Waals surface area (Å²) in [6.07, 6.45) is 1.54. The topological polar surface area (TPSA) is 66.8 Å². The number of amides is 1. The highest BCUT2D eigenvalue weighted by Gasteiger charge is 2.45. The molecule has 2 fully saturated rings. The summed E-state index contributed by atoms with van der Waals surface area (Å²) in [6.45, 7) is 2.34. The fourth-order valence-electron chi connectivity index (χ4n) is 2.10. The average Bonchev–Trinajstić information content (AvgIpc) is 2.85. The largest absolute Gasteiger partial charge is 0.480 e. The lowest BCUT2D eigenvalue weighted by atomic mass is 10.0. The zero-order valence-electron chi connectivity index (χ0n) is 9.14. The summed E-state index contributed by atoms with van der Waals surface area (Å²) in [5, 5.41) is 9.01. The third kappa shape index (κ3) is 1.91. The van der Waals surface area contributed by atoms with Crippen molar-refractivity contribution in [1.82, 2.24) is 4.90 Å². The number of carbonyl (C=O) groups is 2. The van der Waals surface area contributed by atoms with Gasteiger partial charge in [-0.1, -0.05) is 0 Å². The summed E-state index contributed by atoms with van der Waals surface area (Å²) >= 11 is 1.47. The number of nitrogens with zero attached hydrogens (tertiary/aromatic N) is 1. The third-order valence-corrected chi connectivity index (χ3v) is 4.11. The van der Waals surface area contributed by atoms with Crippen LogP contribution in [-0.2, 0) is 14.3 Å². The number of aliphatic carboxylic acids is 1. The van der Waals surface area contributed by atoms with Crippen molar-refractivity contribution in [2.24, 2.45) is 0 Å². The van der Waals surface area contributed by atoms with Crippen LogP contribution in [0.5, 0.6) is 0 Å². The van der Waals surface area contributed by atoms with Gasteiger partial charge in [-0.25, -0.2) is 4.79 Å². The molecule has 0 aromatic carbocycles. The van der Waals surface area contributed by atoms with Crippen LogP contribution < -0.4 is 0 Å². The molecule has 6 heteroatoms. The zero-order valence-corrected chi connectivity index (χ0v) is 9.96. The predicted molar refractivity (Wildman–Crippen MR) is 59.2 cm³/mol. The third-order valence-electron chi connectivity index (χ3n) is 3.10. The zero-order chi connectivity index (χ0) is 11.8. The van der Waals surface area contributed by atoms with Crippen LogP contribution >= 0.6 is 11.8 Å². The first kappa shape index (κ1) is 11.7. The molecule has 0 radical (unpaired) electrons. The first-order valence-electron chi connectivity index (χ1n) is 5.30. The number of thioether (sulfide) groups is 1. The molecular weight excluding hydrogens is 230 g/mol. The van der Waals surface area contributed by atoms with E-state index in [1.54, 1.807) is 6.92 Å². The number of carbonyl (C=O) groups excluding carboxylic acids is 1. The molecule has 2 rings (SSSR count). The van der Waals surface area contributed by atoms with Crippen LogP contribution in [-0.4, -0.2) is 51.8 Å². The first-order valence-corrected chi connectivity index (χ1v) is 6.46. The molecule has 2 aliphatic rings. The quantitative estimate of drug-likeness (QED) is 0.769. The van der Waals surface area contributed by atoms with E-state index in [1.807, 2.05) is 0 Å². The lowest BCUT2D eigenvalue weighted by Crippen LogP contribution is -2.51. The fraction of sp³-hybridized carbons (Fsp3) is 0.800. The summed E-state index contributed by atoms with van der Waals surface area (Å²) in [7, 11) is 0. The van der Waals surface area contributed by atoms with Gasteiger partial charge in [0, 0.05) is 12.4 Å². The van der Waals surface area contributed by atoms with Gasteiger partial charge in [-0.05, 0) is 19.8 Å². The van der Waals surface area contributed by atoms with Crippen molar-refractivity contribution in [3.63, 3.8) is 0 Å². The maximum atomic E-state index is 12.2. The van der Waals surface area contributed by atoms with Crippen molar-refractivity contribution >= 4 is 23.6 Å². The van der Waals surface area contributed by atoms with Gasteiger partial charge in [-0.15, -0.1) is 11.8 Å². The molecule has 16 heavy (non-hydrogen) atoms. The minimum atomic E-state index is -0.931. The van der Waals surface area contributed by atoms with Gasteiger partial charge in [0.05, 0.1) is 5.88 Å². The lowest BCUT2D eigenvalue weighted by Gasteiger charge is -2.29. The number of carboxylic acid groups (broad SMARTS) is 1. The standard InChI is InChI=1S/C10H15NO4S/c1-10(3-2-4-15-10)9(14)11-6-16-5-7(11)8(12)13/h7H,2-6H2,1H3,(H,12,13). The normalized spacial score (nSPS) is 34.3. The molecular formula is C10H15NO4S. The number of hydrogen-bond donors (Lipinski definition) is 1. The van der Waals surface area contributed by atoms with Crippen molar-refractivity contribution in [2.45, 2.75) is 31.4 Å². The fourth-order valence-corrected chi connectivity index (χ4v) is 3.24. The second kappa shape index (κ2) is 4.25. The molecule has 2 atom stereocenters.